The van der Waals surface area contributed by atoms with Crippen LogP contribution in [0.2, 0.25) is 0 Å². The number of rotatable bonds is 5. The summed E-state index contributed by atoms with van der Waals surface area (Å²) >= 11 is 0. The fraction of sp³-hybridized carbons (Fsp3) is 0.235. The summed E-state index contributed by atoms with van der Waals surface area (Å²) in [6.45, 7) is 2.86. The van der Waals surface area contributed by atoms with Gasteiger partial charge in [0.25, 0.3) is 0 Å². The molecule has 0 fully saturated rings. The fourth-order valence-corrected chi connectivity index (χ4v) is 2.46. The number of fused-ring (bicyclic) bond motifs is 1. The van der Waals surface area contributed by atoms with Crippen LogP contribution in [0.25, 0.3) is 5.65 Å². The largest absolute Gasteiger partial charge is 0.496 e. The number of pyridine rings is 1. The summed E-state index contributed by atoms with van der Waals surface area (Å²) < 4.78 is 7.44. The van der Waals surface area contributed by atoms with Crippen LogP contribution in [0.5, 0.6) is 5.75 Å². The average molecular weight is 281 g/mol. The van der Waals surface area contributed by atoms with Crippen molar-refractivity contribution in [2.45, 2.75) is 19.5 Å². The van der Waals surface area contributed by atoms with E-state index >= 15 is 0 Å². The van der Waals surface area contributed by atoms with Crippen molar-refractivity contribution in [2.75, 3.05) is 7.11 Å². The van der Waals surface area contributed by atoms with E-state index in [1.165, 1.54) is 0 Å². The van der Waals surface area contributed by atoms with Gasteiger partial charge >= 0.3 is 0 Å². The van der Waals surface area contributed by atoms with E-state index in [-0.39, 0.29) is 6.04 Å². The molecule has 108 valence electrons. The highest BCUT2D eigenvalue weighted by molar-refractivity contribution is 5.39. The zero-order chi connectivity index (χ0) is 14.7. The maximum atomic E-state index is 5.41. The number of hydrogen-bond donors (Lipinski definition) is 1. The molecule has 4 nitrogen and oxygen atoms in total. The molecule has 0 bridgehead atoms. The van der Waals surface area contributed by atoms with Crippen molar-refractivity contribution in [3.8, 4) is 5.75 Å². The molecule has 0 spiro atoms. The third-order valence-corrected chi connectivity index (χ3v) is 3.61. The third kappa shape index (κ3) is 2.90. The normalized spacial score (nSPS) is 12.5. The maximum absolute atomic E-state index is 5.41. The molecule has 0 amide bonds. The van der Waals surface area contributed by atoms with Gasteiger partial charge in [-0.15, -0.1) is 0 Å². The summed E-state index contributed by atoms with van der Waals surface area (Å²) in [5.41, 5.74) is 3.16. The minimum Gasteiger partial charge on any atom is -0.496 e. The van der Waals surface area contributed by atoms with Crippen molar-refractivity contribution in [1.82, 2.24) is 14.7 Å². The van der Waals surface area contributed by atoms with E-state index in [4.69, 9.17) is 4.74 Å². The highest BCUT2D eigenvalue weighted by Gasteiger charge is 2.11. The predicted molar refractivity (Wildman–Crippen MR) is 83.4 cm³/mol. The van der Waals surface area contributed by atoms with Gasteiger partial charge in [0.15, 0.2) is 0 Å². The maximum Gasteiger partial charge on any atom is 0.137 e. The van der Waals surface area contributed by atoms with Gasteiger partial charge in [-0.2, -0.15) is 0 Å². The van der Waals surface area contributed by atoms with Crippen LogP contribution in [0, 0.1) is 0 Å². The first-order valence-corrected chi connectivity index (χ1v) is 7.07. The SMILES string of the molecule is COc1ccccc1C(C)NCc1cn2ccccc2n1. The standard InChI is InChI=1S/C17H19N3O/c1-13(15-7-3-4-8-16(15)21-2)18-11-14-12-20-10-6-5-9-17(20)19-14/h3-10,12-13,18H,11H2,1-2H3. The number of benzene rings is 1. The second kappa shape index (κ2) is 5.97. The Morgan fingerprint density at radius 1 is 1.19 bits per heavy atom. The molecule has 1 unspecified atom stereocenters. The van der Waals surface area contributed by atoms with E-state index in [2.05, 4.69) is 29.5 Å². The second-order valence-electron chi connectivity index (χ2n) is 5.04. The van der Waals surface area contributed by atoms with E-state index in [0.717, 1.165) is 29.2 Å². The zero-order valence-electron chi connectivity index (χ0n) is 12.3. The Morgan fingerprint density at radius 2 is 2.00 bits per heavy atom. The number of para-hydroxylation sites is 1. The molecule has 21 heavy (non-hydrogen) atoms. The lowest BCUT2D eigenvalue weighted by atomic mass is 10.1. The summed E-state index contributed by atoms with van der Waals surface area (Å²) in [5.74, 6) is 0.910. The predicted octanol–water partition coefficient (Wildman–Crippen LogP) is 3.19. The molecule has 1 N–H and O–H groups in total. The van der Waals surface area contributed by atoms with Crippen molar-refractivity contribution in [3.63, 3.8) is 0 Å². The van der Waals surface area contributed by atoms with Gasteiger partial charge in [-0.05, 0) is 25.1 Å². The third-order valence-electron chi connectivity index (χ3n) is 3.61. The number of ether oxygens (including phenoxy) is 1. The number of aromatic nitrogens is 2. The van der Waals surface area contributed by atoms with Crippen LogP contribution in [0.1, 0.15) is 24.2 Å². The monoisotopic (exact) mass is 281 g/mol. The van der Waals surface area contributed by atoms with Gasteiger partial charge < -0.3 is 14.5 Å². The first-order chi connectivity index (χ1) is 10.3. The molecule has 0 aliphatic rings. The number of methoxy groups -OCH3 is 1. The number of hydrogen-bond acceptors (Lipinski definition) is 3. The van der Waals surface area contributed by atoms with Crippen LogP contribution in [0.15, 0.2) is 54.9 Å². The van der Waals surface area contributed by atoms with E-state index in [1.54, 1.807) is 7.11 Å². The van der Waals surface area contributed by atoms with Crippen molar-refractivity contribution in [2.24, 2.45) is 0 Å². The Labute approximate surface area is 124 Å². The minimum atomic E-state index is 0.200. The summed E-state index contributed by atoms with van der Waals surface area (Å²) in [4.78, 5) is 4.59. The van der Waals surface area contributed by atoms with Crippen molar-refractivity contribution in [3.05, 3.63) is 66.1 Å². The lowest BCUT2D eigenvalue weighted by molar-refractivity contribution is 0.401. The quantitative estimate of drug-likeness (QED) is 0.780. The lowest BCUT2D eigenvalue weighted by Gasteiger charge is -2.16. The van der Waals surface area contributed by atoms with E-state index in [0.29, 0.717) is 0 Å². The molecule has 1 aromatic carbocycles. The molecule has 0 saturated carbocycles. The van der Waals surface area contributed by atoms with Crippen LogP contribution < -0.4 is 10.1 Å². The van der Waals surface area contributed by atoms with E-state index < -0.39 is 0 Å². The fourth-order valence-electron chi connectivity index (χ4n) is 2.46. The van der Waals surface area contributed by atoms with Crippen molar-refractivity contribution < 1.29 is 4.74 Å². The Bertz CT molecular complexity index is 702. The molecule has 0 aliphatic heterocycles. The smallest absolute Gasteiger partial charge is 0.137 e. The van der Waals surface area contributed by atoms with Crippen LogP contribution >= 0.6 is 0 Å². The Hall–Kier alpha value is -2.33. The van der Waals surface area contributed by atoms with Crippen molar-refractivity contribution in [1.29, 1.82) is 0 Å². The van der Waals surface area contributed by atoms with Gasteiger partial charge in [-0.25, -0.2) is 4.98 Å². The second-order valence-corrected chi connectivity index (χ2v) is 5.04. The number of nitrogens with zero attached hydrogens (tertiary/aromatic N) is 2. The molecule has 4 heteroatoms. The van der Waals surface area contributed by atoms with Gasteiger partial charge in [0.1, 0.15) is 11.4 Å². The molecule has 0 aliphatic carbocycles. The number of imidazole rings is 1. The van der Waals surface area contributed by atoms with Crippen LogP contribution in [0.4, 0.5) is 0 Å². The molecule has 0 saturated heterocycles. The Kier molecular flexibility index (Phi) is 3.88. The molecule has 3 aromatic rings. The van der Waals surface area contributed by atoms with Crippen LogP contribution in [0.3, 0.4) is 0 Å². The van der Waals surface area contributed by atoms with Crippen molar-refractivity contribution >= 4 is 5.65 Å². The minimum absolute atomic E-state index is 0.200. The first kappa shape index (κ1) is 13.6. The van der Waals surface area contributed by atoms with Gasteiger partial charge in [0.05, 0.1) is 12.8 Å². The Balaban J connectivity index is 1.72. The van der Waals surface area contributed by atoms with Gasteiger partial charge in [0.2, 0.25) is 0 Å². The van der Waals surface area contributed by atoms with E-state index in [1.807, 2.05) is 47.0 Å². The summed E-state index contributed by atoms with van der Waals surface area (Å²) in [7, 11) is 1.70. The summed E-state index contributed by atoms with van der Waals surface area (Å²) in [6.07, 6.45) is 4.06. The molecular weight excluding hydrogens is 262 g/mol. The van der Waals surface area contributed by atoms with Gasteiger partial charge in [-0.1, -0.05) is 24.3 Å². The molecule has 1 atom stereocenters. The highest BCUT2D eigenvalue weighted by Crippen LogP contribution is 2.24. The lowest BCUT2D eigenvalue weighted by Crippen LogP contribution is -2.18. The summed E-state index contributed by atoms with van der Waals surface area (Å²) in [6, 6.07) is 14.3. The van der Waals surface area contributed by atoms with Crippen LogP contribution in [-0.4, -0.2) is 16.5 Å². The first-order valence-electron chi connectivity index (χ1n) is 7.07. The summed E-state index contributed by atoms with van der Waals surface area (Å²) in [5, 5.41) is 3.50. The Morgan fingerprint density at radius 3 is 2.81 bits per heavy atom. The molecule has 2 heterocycles. The van der Waals surface area contributed by atoms with Crippen LogP contribution in [-0.2, 0) is 6.54 Å². The average Bonchev–Trinajstić information content (AvgIpc) is 2.95. The highest BCUT2D eigenvalue weighted by atomic mass is 16.5. The topological polar surface area (TPSA) is 38.6 Å². The van der Waals surface area contributed by atoms with Gasteiger partial charge in [-0.3, -0.25) is 0 Å². The number of nitrogens with one attached hydrogen (secondary N) is 1. The molecule has 3 rings (SSSR count). The molecule has 2 aromatic heterocycles. The zero-order valence-corrected chi connectivity index (χ0v) is 12.3. The van der Waals surface area contributed by atoms with E-state index in [9.17, 15) is 0 Å². The molecular formula is C17H19N3O. The molecule has 0 radical (unpaired) electrons. The van der Waals surface area contributed by atoms with Gasteiger partial charge in [0, 0.05) is 30.5 Å².